The molecule has 0 aliphatic heterocycles. The van der Waals surface area contributed by atoms with Gasteiger partial charge in [0.1, 0.15) is 5.60 Å². The van der Waals surface area contributed by atoms with E-state index in [2.05, 4.69) is 10.3 Å². The van der Waals surface area contributed by atoms with Gasteiger partial charge < -0.3 is 14.8 Å². The van der Waals surface area contributed by atoms with Gasteiger partial charge in [-0.15, -0.1) is 0 Å². The predicted molar refractivity (Wildman–Crippen MR) is 110 cm³/mol. The van der Waals surface area contributed by atoms with Crippen LogP contribution < -0.4 is 5.32 Å². The van der Waals surface area contributed by atoms with Crippen LogP contribution in [0.1, 0.15) is 43.6 Å². The molecular weight excluding hydrogens is 408 g/mol. The smallest absolute Gasteiger partial charge is 0.407 e. The van der Waals surface area contributed by atoms with Crippen LogP contribution in [-0.2, 0) is 25.7 Å². The highest BCUT2D eigenvalue weighted by Crippen LogP contribution is 2.20. The van der Waals surface area contributed by atoms with Crippen LogP contribution in [0.25, 0.3) is 0 Å². The van der Waals surface area contributed by atoms with Crippen molar-refractivity contribution < 1.29 is 27.5 Å². The lowest BCUT2D eigenvalue weighted by Gasteiger charge is -2.19. The molecule has 30 heavy (non-hydrogen) atoms. The lowest BCUT2D eigenvalue weighted by Crippen LogP contribution is -2.33. The molecule has 2 aromatic rings. The molecule has 0 unspecified atom stereocenters. The lowest BCUT2D eigenvalue weighted by atomic mass is 10.1. The Labute approximate surface area is 176 Å². The molecule has 2 rings (SSSR count). The zero-order chi connectivity index (χ0) is 22.4. The second kappa shape index (κ2) is 9.71. The number of hydrogen-bond donors (Lipinski definition) is 1. The van der Waals surface area contributed by atoms with Gasteiger partial charge in [0, 0.05) is 12.7 Å². The number of carbonyl (C=O) groups is 2. The molecule has 0 bridgehead atoms. The molecule has 0 spiro atoms. The highest BCUT2D eigenvalue weighted by molar-refractivity contribution is 7.91. The summed E-state index contributed by atoms with van der Waals surface area (Å²) in [5, 5.41) is 2.50. The maximum atomic E-state index is 12.7. The number of sulfone groups is 1. The van der Waals surface area contributed by atoms with Gasteiger partial charge >= 0.3 is 12.1 Å². The molecule has 0 fully saturated rings. The molecule has 1 amide bonds. The van der Waals surface area contributed by atoms with Gasteiger partial charge in [-0.1, -0.05) is 12.1 Å². The predicted octanol–water partition coefficient (Wildman–Crippen LogP) is 3.16. The van der Waals surface area contributed by atoms with Gasteiger partial charge in [-0.05, 0) is 63.9 Å². The third kappa shape index (κ3) is 6.55. The van der Waals surface area contributed by atoms with Crippen molar-refractivity contribution >= 4 is 21.9 Å². The van der Waals surface area contributed by atoms with Crippen LogP contribution in [0, 0.1) is 0 Å². The molecule has 1 N–H and O–H groups in total. The van der Waals surface area contributed by atoms with Crippen LogP contribution >= 0.6 is 0 Å². The van der Waals surface area contributed by atoms with Gasteiger partial charge in [-0.25, -0.2) is 23.0 Å². The average Bonchev–Trinajstić information content (AvgIpc) is 2.67. The first kappa shape index (κ1) is 23.3. The van der Waals surface area contributed by atoms with Crippen molar-refractivity contribution in [3.05, 3.63) is 53.7 Å². The maximum absolute atomic E-state index is 12.7. The average molecular weight is 435 g/mol. The van der Waals surface area contributed by atoms with Gasteiger partial charge in [0.15, 0.2) is 5.03 Å². The number of carbonyl (C=O) groups excluding carboxylic acids is 2. The molecule has 162 valence electrons. The fourth-order valence-electron chi connectivity index (χ4n) is 2.45. The minimum atomic E-state index is -3.82. The monoisotopic (exact) mass is 434 g/mol. The molecule has 1 heterocycles. The number of benzene rings is 1. The first-order valence-electron chi connectivity index (χ1n) is 9.47. The quantitative estimate of drug-likeness (QED) is 0.666. The maximum Gasteiger partial charge on any atom is 0.407 e. The standard InChI is InChI=1S/C21H26N2O6S/c1-5-28-19(24)16-8-11-18(23-14-16)30(26,27)17-9-6-15(7-10-17)12-13-22-20(25)29-21(2,3)4/h6-11,14H,5,12-13H2,1-4H3,(H,22,25). The van der Waals surface area contributed by atoms with E-state index in [1.165, 1.54) is 30.5 Å². The van der Waals surface area contributed by atoms with E-state index >= 15 is 0 Å². The van der Waals surface area contributed by atoms with E-state index in [4.69, 9.17) is 9.47 Å². The first-order chi connectivity index (χ1) is 14.0. The second-order valence-corrected chi connectivity index (χ2v) is 9.33. The summed E-state index contributed by atoms with van der Waals surface area (Å²) in [4.78, 5) is 27.3. The Bertz CT molecular complexity index is 978. The molecular formula is C21H26N2O6S. The van der Waals surface area contributed by atoms with Crippen LogP contribution in [0.3, 0.4) is 0 Å². The summed E-state index contributed by atoms with van der Waals surface area (Å²) in [6.45, 7) is 7.61. The summed E-state index contributed by atoms with van der Waals surface area (Å²) >= 11 is 0. The molecule has 0 radical (unpaired) electrons. The molecule has 8 nitrogen and oxygen atoms in total. The van der Waals surface area contributed by atoms with Crippen molar-refractivity contribution in [3.8, 4) is 0 Å². The summed E-state index contributed by atoms with van der Waals surface area (Å²) in [7, 11) is -3.82. The largest absolute Gasteiger partial charge is 0.462 e. The summed E-state index contributed by atoms with van der Waals surface area (Å²) in [5.41, 5.74) is 0.474. The highest BCUT2D eigenvalue weighted by Gasteiger charge is 2.20. The molecule has 1 aromatic heterocycles. The lowest BCUT2D eigenvalue weighted by molar-refractivity contribution is 0.0516. The molecule has 0 atom stereocenters. The van der Waals surface area contributed by atoms with Crippen LogP contribution in [0.5, 0.6) is 0 Å². The molecule has 0 saturated carbocycles. The van der Waals surface area contributed by atoms with Crippen molar-refractivity contribution in [2.24, 2.45) is 0 Å². The number of aromatic nitrogens is 1. The Kier molecular flexibility index (Phi) is 7.55. The van der Waals surface area contributed by atoms with Crippen molar-refractivity contribution in [2.45, 2.75) is 49.6 Å². The third-order valence-electron chi connectivity index (χ3n) is 3.84. The zero-order valence-corrected chi connectivity index (χ0v) is 18.3. The minimum absolute atomic E-state index is 0.0859. The van der Waals surface area contributed by atoms with Gasteiger partial charge in [0.2, 0.25) is 9.84 Å². The summed E-state index contributed by atoms with van der Waals surface area (Å²) in [6.07, 6.45) is 1.20. The summed E-state index contributed by atoms with van der Waals surface area (Å²) < 4.78 is 35.5. The highest BCUT2D eigenvalue weighted by atomic mass is 32.2. The van der Waals surface area contributed by atoms with Gasteiger partial charge in [0.05, 0.1) is 17.1 Å². The fraction of sp³-hybridized carbons (Fsp3) is 0.381. The molecule has 0 aliphatic rings. The molecule has 0 saturated heterocycles. The number of pyridine rings is 1. The normalized spacial score (nSPS) is 11.6. The Morgan fingerprint density at radius 3 is 2.27 bits per heavy atom. The van der Waals surface area contributed by atoms with E-state index < -0.39 is 27.5 Å². The van der Waals surface area contributed by atoms with E-state index in [1.54, 1.807) is 39.8 Å². The Morgan fingerprint density at radius 1 is 1.07 bits per heavy atom. The van der Waals surface area contributed by atoms with Crippen molar-refractivity contribution in [3.63, 3.8) is 0 Å². The number of hydrogen-bond acceptors (Lipinski definition) is 7. The van der Waals surface area contributed by atoms with E-state index in [9.17, 15) is 18.0 Å². The summed E-state index contributed by atoms with van der Waals surface area (Å²) in [5.74, 6) is -0.557. The van der Waals surface area contributed by atoms with Crippen molar-refractivity contribution in [1.82, 2.24) is 10.3 Å². The zero-order valence-electron chi connectivity index (χ0n) is 17.5. The van der Waals surface area contributed by atoms with Crippen LogP contribution in [-0.4, -0.2) is 44.2 Å². The number of ether oxygens (including phenoxy) is 2. The topological polar surface area (TPSA) is 112 Å². The minimum Gasteiger partial charge on any atom is -0.462 e. The van der Waals surface area contributed by atoms with E-state index in [-0.39, 0.29) is 22.1 Å². The van der Waals surface area contributed by atoms with Crippen LogP contribution in [0.4, 0.5) is 4.79 Å². The van der Waals surface area contributed by atoms with Gasteiger partial charge in [-0.2, -0.15) is 0 Å². The number of nitrogens with zero attached hydrogens (tertiary/aromatic N) is 1. The Hall–Kier alpha value is -2.94. The number of esters is 1. The first-order valence-corrected chi connectivity index (χ1v) is 11.0. The number of nitrogens with one attached hydrogen (secondary N) is 1. The van der Waals surface area contributed by atoms with Crippen molar-refractivity contribution in [1.29, 1.82) is 0 Å². The van der Waals surface area contributed by atoms with Gasteiger partial charge in [-0.3, -0.25) is 0 Å². The fourth-order valence-corrected chi connectivity index (χ4v) is 3.63. The van der Waals surface area contributed by atoms with Crippen LogP contribution in [0.2, 0.25) is 0 Å². The number of rotatable bonds is 7. The molecule has 9 heteroatoms. The van der Waals surface area contributed by atoms with Gasteiger partial charge in [0.25, 0.3) is 0 Å². The summed E-state index contributed by atoms with van der Waals surface area (Å²) in [6, 6.07) is 8.97. The number of amides is 1. The number of alkyl carbamates (subject to hydrolysis) is 1. The molecule has 1 aromatic carbocycles. The van der Waals surface area contributed by atoms with E-state index in [0.717, 1.165) is 5.56 Å². The molecule has 0 aliphatic carbocycles. The Morgan fingerprint density at radius 2 is 1.73 bits per heavy atom. The third-order valence-corrected chi connectivity index (χ3v) is 5.52. The van der Waals surface area contributed by atoms with Crippen molar-refractivity contribution in [2.75, 3.05) is 13.2 Å². The SMILES string of the molecule is CCOC(=O)c1ccc(S(=O)(=O)c2ccc(CCNC(=O)OC(C)(C)C)cc2)nc1. The second-order valence-electron chi connectivity index (χ2n) is 7.43. The Balaban J connectivity index is 2.01. The van der Waals surface area contributed by atoms with E-state index in [0.29, 0.717) is 13.0 Å². The van der Waals surface area contributed by atoms with Crippen LogP contribution in [0.15, 0.2) is 52.5 Å². The van der Waals surface area contributed by atoms with E-state index in [1.807, 2.05) is 0 Å².